The molecule has 0 unspecified atom stereocenters. The summed E-state index contributed by atoms with van der Waals surface area (Å²) in [6.45, 7) is 3.90. The highest BCUT2D eigenvalue weighted by atomic mass is 32.1. The molecule has 0 aliphatic rings. The molecule has 0 heterocycles. The van der Waals surface area contributed by atoms with Gasteiger partial charge in [-0.1, -0.05) is 30.3 Å². The van der Waals surface area contributed by atoms with Crippen LogP contribution in [0, 0.1) is 0 Å². The fourth-order valence-corrected chi connectivity index (χ4v) is 1.48. The maximum absolute atomic E-state index is 5.19. The SMILES string of the molecule is CCN(Cc1ccccc1)C(=S)NC. The van der Waals surface area contributed by atoms with Crippen molar-refractivity contribution in [3.05, 3.63) is 35.9 Å². The molecule has 0 fully saturated rings. The Morgan fingerprint density at radius 1 is 1.36 bits per heavy atom. The van der Waals surface area contributed by atoms with Crippen LogP contribution in [0.3, 0.4) is 0 Å². The Morgan fingerprint density at radius 3 is 2.50 bits per heavy atom. The summed E-state index contributed by atoms with van der Waals surface area (Å²) in [5, 5.41) is 3.80. The minimum Gasteiger partial charge on any atom is -0.366 e. The molecule has 0 saturated carbocycles. The summed E-state index contributed by atoms with van der Waals surface area (Å²) in [5.41, 5.74) is 1.28. The van der Waals surface area contributed by atoms with E-state index in [0.717, 1.165) is 18.2 Å². The number of hydrogen-bond acceptors (Lipinski definition) is 1. The predicted octanol–water partition coefficient (Wildman–Crippen LogP) is 2.01. The summed E-state index contributed by atoms with van der Waals surface area (Å²) in [6, 6.07) is 10.3. The second-order valence-corrected chi connectivity index (χ2v) is 3.44. The maximum Gasteiger partial charge on any atom is 0.168 e. The van der Waals surface area contributed by atoms with Gasteiger partial charge in [-0.3, -0.25) is 0 Å². The number of rotatable bonds is 3. The molecular formula is C11H16N2S. The van der Waals surface area contributed by atoms with Crippen LogP contribution in [0.15, 0.2) is 30.3 Å². The Kier molecular flexibility index (Phi) is 4.40. The third-order valence-corrected chi connectivity index (χ3v) is 2.56. The van der Waals surface area contributed by atoms with Gasteiger partial charge in [-0.05, 0) is 24.7 Å². The first-order chi connectivity index (χ1) is 6.77. The van der Waals surface area contributed by atoms with Gasteiger partial charge in [0, 0.05) is 20.1 Å². The van der Waals surface area contributed by atoms with Crippen molar-refractivity contribution in [1.29, 1.82) is 0 Å². The van der Waals surface area contributed by atoms with Gasteiger partial charge in [0.25, 0.3) is 0 Å². The Labute approximate surface area is 90.9 Å². The van der Waals surface area contributed by atoms with E-state index >= 15 is 0 Å². The lowest BCUT2D eigenvalue weighted by Gasteiger charge is -2.23. The first kappa shape index (κ1) is 11.0. The molecule has 0 aliphatic carbocycles. The van der Waals surface area contributed by atoms with Crippen molar-refractivity contribution >= 4 is 17.3 Å². The second kappa shape index (κ2) is 5.60. The van der Waals surface area contributed by atoms with Crippen molar-refractivity contribution in [2.24, 2.45) is 0 Å². The van der Waals surface area contributed by atoms with Crippen molar-refractivity contribution in [3.63, 3.8) is 0 Å². The van der Waals surface area contributed by atoms with E-state index in [2.05, 4.69) is 29.3 Å². The van der Waals surface area contributed by atoms with Crippen LogP contribution in [0.2, 0.25) is 0 Å². The number of thiocarbonyl (C=S) groups is 1. The van der Waals surface area contributed by atoms with Crippen molar-refractivity contribution in [2.75, 3.05) is 13.6 Å². The summed E-state index contributed by atoms with van der Waals surface area (Å²) >= 11 is 5.19. The zero-order chi connectivity index (χ0) is 10.4. The van der Waals surface area contributed by atoms with Crippen molar-refractivity contribution in [1.82, 2.24) is 10.2 Å². The van der Waals surface area contributed by atoms with E-state index in [1.54, 1.807) is 0 Å². The van der Waals surface area contributed by atoms with Crippen LogP contribution in [-0.4, -0.2) is 23.6 Å². The number of hydrogen-bond donors (Lipinski definition) is 1. The van der Waals surface area contributed by atoms with E-state index in [-0.39, 0.29) is 0 Å². The fourth-order valence-electron chi connectivity index (χ4n) is 1.29. The molecule has 1 aromatic rings. The van der Waals surface area contributed by atoms with Crippen LogP contribution in [0.25, 0.3) is 0 Å². The lowest BCUT2D eigenvalue weighted by molar-refractivity contribution is 0.431. The first-order valence-electron chi connectivity index (χ1n) is 4.78. The molecule has 0 atom stereocenters. The molecule has 1 rings (SSSR count). The molecule has 0 bridgehead atoms. The van der Waals surface area contributed by atoms with Gasteiger partial charge >= 0.3 is 0 Å². The highest BCUT2D eigenvalue weighted by Crippen LogP contribution is 2.04. The molecule has 0 aromatic heterocycles. The van der Waals surface area contributed by atoms with Gasteiger partial charge in [0.05, 0.1) is 0 Å². The molecule has 0 saturated heterocycles. The van der Waals surface area contributed by atoms with Gasteiger partial charge in [0.2, 0.25) is 0 Å². The van der Waals surface area contributed by atoms with E-state index < -0.39 is 0 Å². The molecular weight excluding hydrogens is 192 g/mol. The molecule has 1 aromatic carbocycles. The fraction of sp³-hybridized carbons (Fsp3) is 0.364. The van der Waals surface area contributed by atoms with Crippen LogP contribution in [0.4, 0.5) is 0 Å². The van der Waals surface area contributed by atoms with Gasteiger partial charge in [0.15, 0.2) is 5.11 Å². The summed E-state index contributed by atoms with van der Waals surface area (Å²) in [6.07, 6.45) is 0. The Bertz CT molecular complexity index is 285. The number of nitrogens with one attached hydrogen (secondary N) is 1. The monoisotopic (exact) mass is 208 g/mol. The summed E-state index contributed by atoms with van der Waals surface area (Å²) in [5.74, 6) is 0. The smallest absolute Gasteiger partial charge is 0.168 e. The predicted molar refractivity (Wildman–Crippen MR) is 64.2 cm³/mol. The van der Waals surface area contributed by atoms with Gasteiger partial charge in [-0.15, -0.1) is 0 Å². The van der Waals surface area contributed by atoms with Crippen molar-refractivity contribution in [3.8, 4) is 0 Å². The zero-order valence-electron chi connectivity index (χ0n) is 8.66. The minimum atomic E-state index is 0.802. The average molecular weight is 208 g/mol. The van der Waals surface area contributed by atoms with Crippen molar-refractivity contribution in [2.45, 2.75) is 13.5 Å². The summed E-state index contributed by atoms with van der Waals surface area (Å²) in [4.78, 5) is 2.13. The average Bonchev–Trinajstić information content (AvgIpc) is 2.26. The van der Waals surface area contributed by atoms with Gasteiger partial charge in [-0.2, -0.15) is 0 Å². The molecule has 0 radical (unpaired) electrons. The van der Waals surface area contributed by atoms with E-state index in [1.165, 1.54) is 5.56 Å². The lowest BCUT2D eigenvalue weighted by Crippen LogP contribution is -2.37. The van der Waals surface area contributed by atoms with E-state index in [1.807, 2.05) is 25.2 Å². The minimum absolute atomic E-state index is 0.802. The second-order valence-electron chi connectivity index (χ2n) is 3.05. The standard InChI is InChI=1S/C11H16N2S/c1-3-13(11(14)12-2)9-10-7-5-4-6-8-10/h4-8H,3,9H2,1-2H3,(H,12,14). The van der Waals surface area contributed by atoms with E-state index in [0.29, 0.717) is 0 Å². The Morgan fingerprint density at radius 2 is 2.00 bits per heavy atom. The molecule has 0 aliphatic heterocycles. The van der Waals surface area contributed by atoms with E-state index in [4.69, 9.17) is 12.2 Å². The Hall–Kier alpha value is -1.09. The van der Waals surface area contributed by atoms with Crippen LogP contribution < -0.4 is 5.32 Å². The maximum atomic E-state index is 5.19. The van der Waals surface area contributed by atoms with Crippen molar-refractivity contribution < 1.29 is 0 Å². The first-order valence-corrected chi connectivity index (χ1v) is 5.19. The largest absolute Gasteiger partial charge is 0.366 e. The van der Waals surface area contributed by atoms with Crippen LogP contribution >= 0.6 is 12.2 Å². The highest BCUT2D eigenvalue weighted by molar-refractivity contribution is 7.80. The topological polar surface area (TPSA) is 15.3 Å². The van der Waals surface area contributed by atoms with Gasteiger partial charge in [-0.25, -0.2) is 0 Å². The molecule has 76 valence electrons. The van der Waals surface area contributed by atoms with Gasteiger partial charge < -0.3 is 10.2 Å². The molecule has 3 heteroatoms. The molecule has 1 N–H and O–H groups in total. The van der Waals surface area contributed by atoms with Crippen LogP contribution in [0.1, 0.15) is 12.5 Å². The quantitative estimate of drug-likeness (QED) is 0.765. The normalized spacial score (nSPS) is 9.57. The highest BCUT2D eigenvalue weighted by Gasteiger charge is 2.05. The third kappa shape index (κ3) is 3.00. The van der Waals surface area contributed by atoms with Gasteiger partial charge in [0.1, 0.15) is 0 Å². The molecule has 2 nitrogen and oxygen atoms in total. The van der Waals surface area contributed by atoms with E-state index in [9.17, 15) is 0 Å². The van der Waals surface area contributed by atoms with Crippen LogP contribution in [0.5, 0.6) is 0 Å². The summed E-state index contributed by atoms with van der Waals surface area (Å²) < 4.78 is 0. The molecule has 0 amide bonds. The summed E-state index contributed by atoms with van der Waals surface area (Å²) in [7, 11) is 1.86. The third-order valence-electron chi connectivity index (χ3n) is 2.10. The Balaban J connectivity index is 2.62. The molecule has 14 heavy (non-hydrogen) atoms. The molecule has 0 spiro atoms. The number of benzene rings is 1. The number of nitrogens with zero attached hydrogens (tertiary/aromatic N) is 1. The zero-order valence-corrected chi connectivity index (χ0v) is 9.47. The van der Waals surface area contributed by atoms with Crippen LogP contribution in [-0.2, 0) is 6.54 Å². The lowest BCUT2D eigenvalue weighted by atomic mass is 10.2.